The molecule has 2 aromatic carbocycles. The second-order valence-corrected chi connectivity index (χ2v) is 27.4. The molecule has 96 heavy (non-hydrogen) atoms. The van der Waals surface area contributed by atoms with Crippen LogP contribution in [0.25, 0.3) is 0 Å². The number of primary amides is 2. The van der Waals surface area contributed by atoms with Crippen molar-refractivity contribution in [3.8, 4) is 0 Å². The van der Waals surface area contributed by atoms with Crippen LogP contribution in [-0.4, -0.2) is 194 Å². The predicted octanol–water partition coefficient (Wildman–Crippen LogP) is 5.22. The van der Waals surface area contributed by atoms with Crippen molar-refractivity contribution >= 4 is 64.9 Å². The second kappa shape index (κ2) is 38.5. The second-order valence-electron chi connectivity index (χ2n) is 27.4. The van der Waals surface area contributed by atoms with Gasteiger partial charge in [-0.05, 0) is 125 Å². The Bertz CT molecular complexity index is 2880. The minimum atomic E-state index is -4.61. The highest BCUT2D eigenvalue weighted by atomic mass is 19.4. The van der Waals surface area contributed by atoms with Crippen molar-refractivity contribution < 1.29 is 65.9 Å². The lowest BCUT2D eigenvalue weighted by Crippen LogP contribution is -2.58. The van der Waals surface area contributed by atoms with Gasteiger partial charge >= 0.3 is 12.2 Å². The van der Waals surface area contributed by atoms with Crippen LogP contribution >= 0.6 is 0 Å². The van der Waals surface area contributed by atoms with Crippen molar-refractivity contribution in [1.29, 1.82) is 0 Å². The topological polar surface area (TPSA) is 329 Å². The Morgan fingerprint density at radius 1 is 0.688 bits per heavy atom. The maximum Gasteiger partial charge on any atom is 0.404 e. The first-order valence-corrected chi connectivity index (χ1v) is 33.9. The molecule has 11 N–H and O–H groups in total. The molecule has 2 heterocycles. The lowest BCUT2D eigenvalue weighted by atomic mass is 9.84. The lowest BCUT2D eigenvalue weighted by Gasteiger charge is -2.40. The Balaban J connectivity index is 1.42. The number of ether oxygens (including phenoxy) is 1. The lowest BCUT2D eigenvalue weighted by molar-refractivity contribution is -0.195. The fourth-order valence-corrected chi connectivity index (χ4v) is 13.4. The number of likely N-dealkylation sites (N-methyl/N-ethyl adjacent to an activating group) is 2. The average molecular weight is 1350 g/mol. The van der Waals surface area contributed by atoms with Gasteiger partial charge in [-0.2, -0.15) is 13.2 Å². The summed E-state index contributed by atoms with van der Waals surface area (Å²) in [6, 6.07) is 7.64. The van der Waals surface area contributed by atoms with Gasteiger partial charge in [-0.3, -0.25) is 53.0 Å². The maximum absolute atomic E-state index is 14.6. The van der Waals surface area contributed by atoms with Gasteiger partial charge in [0.05, 0.1) is 24.1 Å². The molecule has 27 heteroatoms. The third-order valence-corrected chi connectivity index (χ3v) is 18.8. The van der Waals surface area contributed by atoms with Crippen LogP contribution in [0.15, 0.2) is 54.6 Å². The van der Waals surface area contributed by atoms with E-state index >= 15 is 0 Å². The third kappa shape index (κ3) is 24.3. The summed E-state index contributed by atoms with van der Waals surface area (Å²) in [4.78, 5) is 142. The number of carbonyl (C=O) groups is 10. The first kappa shape index (κ1) is 81.0. The molecule has 2 aliphatic rings. The van der Waals surface area contributed by atoms with E-state index in [9.17, 15) is 61.1 Å². The van der Waals surface area contributed by atoms with Gasteiger partial charge in [0, 0.05) is 70.7 Å². The van der Waals surface area contributed by atoms with E-state index in [1.54, 1.807) is 61.9 Å². The first-order chi connectivity index (χ1) is 45.1. The molecule has 2 saturated heterocycles. The highest BCUT2D eigenvalue weighted by Gasteiger charge is 2.48. The van der Waals surface area contributed by atoms with Crippen LogP contribution in [0.4, 0.5) is 23.7 Å². The number of benzene rings is 2. The molecule has 24 nitrogen and oxygen atoms in total. The molecule has 2 fully saturated rings. The van der Waals surface area contributed by atoms with Gasteiger partial charge in [-0.1, -0.05) is 118 Å². The van der Waals surface area contributed by atoms with Gasteiger partial charge in [0.2, 0.25) is 53.2 Å². The Labute approximate surface area is 565 Å². The van der Waals surface area contributed by atoms with E-state index < -0.39 is 120 Å². The van der Waals surface area contributed by atoms with Crippen molar-refractivity contribution in [3.05, 3.63) is 65.7 Å². The minimum Gasteiger partial charge on any atom is -0.378 e. The molecular weight excluding hydrogens is 1240 g/mol. The monoisotopic (exact) mass is 1350 g/mol. The van der Waals surface area contributed by atoms with Crippen LogP contribution in [0.3, 0.4) is 0 Å². The number of piperidine rings is 1. The zero-order chi connectivity index (χ0) is 71.9. The van der Waals surface area contributed by atoms with Crippen LogP contribution in [0.2, 0.25) is 0 Å². The van der Waals surface area contributed by atoms with E-state index in [1.165, 1.54) is 12.0 Å². The molecule has 538 valence electrons. The number of amides is 11. The number of anilines is 1. The highest BCUT2D eigenvalue weighted by molar-refractivity contribution is 5.98. The summed E-state index contributed by atoms with van der Waals surface area (Å²) in [5.41, 5.74) is 12.3. The van der Waals surface area contributed by atoms with E-state index in [2.05, 4.69) is 44.1 Å². The Kier molecular flexibility index (Phi) is 32.5. The van der Waals surface area contributed by atoms with Crippen LogP contribution in [0.1, 0.15) is 145 Å². The van der Waals surface area contributed by atoms with Crippen LogP contribution < -0.4 is 48.7 Å². The molecule has 0 radical (unpaired) electrons. The molecule has 0 saturated carbocycles. The molecule has 0 spiro atoms. The maximum atomic E-state index is 14.6. The van der Waals surface area contributed by atoms with Crippen LogP contribution in [-0.2, 0) is 60.9 Å². The molecule has 0 bridgehead atoms. The van der Waals surface area contributed by atoms with Crippen LogP contribution in [0, 0.1) is 41.4 Å². The largest absolute Gasteiger partial charge is 0.404 e. The summed E-state index contributed by atoms with van der Waals surface area (Å²) in [6.45, 7) is 19.3. The number of alkyl halides is 3. The van der Waals surface area contributed by atoms with Crippen molar-refractivity contribution in [2.45, 2.75) is 207 Å². The molecule has 4 rings (SSSR count). The zero-order valence-corrected chi connectivity index (χ0v) is 58.8. The van der Waals surface area contributed by atoms with Gasteiger partial charge in [0.15, 0.2) is 0 Å². The summed E-state index contributed by atoms with van der Waals surface area (Å²) in [5, 5.41) is 19.6. The van der Waals surface area contributed by atoms with Gasteiger partial charge in [-0.25, -0.2) is 4.79 Å². The molecular formula is C69H110F3N13O11. The van der Waals surface area contributed by atoms with Gasteiger partial charge in [0.1, 0.15) is 30.2 Å². The number of likely N-dealkylation sites (tertiary alicyclic amines) is 2. The minimum absolute atomic E-state index is 0.00548. The summed E-state index contributed by atoms with van der Waals surface area (Å²) in [7, 11) is 6.93. The van der Waals surface area contributed by atoms with Crippen molar-refractivity contribution in [2.24, 2.45) is 52.9 Å². The molecule has 2 aliphatic heterocycles. The van der Waals surface area contributed by atoms with Gasteiger partial charge in [-0.15, -0.1) is 0 Å². The smallest absolute Gasteiger partial charge is 0.378 e. The molecule has 0 aliphatic carbocycles. The number of methoxy groups -OCH3 is 1. The van der Waals surface area contributed by atoms with Crippen molar-refractivity contribution in [1.82, 2.24) is 51.5 Å². The number of nitrogens with zero attached hydrogens (tertiary/aromatic N) is 4. The van der Waals surface area contributed by atoms with Crippen molar-refractivity contribution in [3.63, 3.8) is 0 Å². The fraction of sp³-hybridized carbons (Fsp3) is 0.681. The van der Waals surface area contributed by atoms with E-state index in [1.807, 2.05) is 90.9 Å². The SMILES string of the molecule is CC[C@H](C)[C@@H]([C@H](C)CC(=O)N1CCC[C@H]1[C@H](OC)[C@@H](C)C(=O)N[C@@H](Cc1ccccc1)C(=O)NCc1ccc(NC(=O)[C@H](CCCNC(N)=O)NC(=O)[C@@H](NC(=O)CCCN2CC[C@@H](C(N)=O)C[C@H]2C(F)(F)F)C(C)C)cc1)N(C)C(=O)[C@@H](NC(=O)C(C(C)C)N(C)C)C(C)C. The van der Waals surface area contributed by atoms with E-state index in [4.69, 9.17) is 16.2 Å². The number of halogens is 3. The number of urea groups is 1. The Morgan fingerprint density at radius 2 is 1.32 bits per heavy atom. The standard InChI is InChI=1S/C69H110F3N13O11/c1-15-43(8)59(83(13)67(94)57(41(4)5)81-66(93)58(42(6)7)82(11)12)44(9)36-55(87)85-34-20-25-52(85)60(96-14)45(10)62(89)79-51(37-46-22-17-16-18-23-46)63(90)76-39-47-27-29-49(30-28-47)77-64(91)50(24-19-32-75-68(74)95)78-65(92)56(40(2)3)80-54(86)26-21-33-84-35-31-48(61(73)88)38-53(84)69(70,71)72/h16-18,22-23,27-30,40-45,48,50-53,56-60H,15,19-21,24-26,31-39H2,1-14H3,(H2,73,88)(H,76,90)(H,77,91)(H,78,92)(H,79,89)(H,80,86)(H,81,93)(H3,74,75,95)/t43-,44+,45+,48+,50-,51-,52-,53-,56-,57-,58?,59-,60+/m0/s1. The number of hydrogen-bond acceptors (Lipinski definition) is 13. The Morgan fingerprint density at radius 3 is 1.89 bits per heavy atom. The number of nitrogens with two attached hydrogens (primary N) is 2. The number of hydrogen-bond donors (Lipinski definition) is 9. The highest BCUT2D eigenvalue weighted by Crippen LogP contribution is 2.35. The normalized spacial score (nSPS) is 19.2. The van der Waals surface area contributed by atoms with E-state index in [0.717, 1.165) is 12.0 Å². The van der Waals surface area contributed by atoms with Crippen LogP contribution in [0.5, 0.6) is 0 Å². The summed E-state index contributed by atoms with van der Waals surface area (Å²) in [5.74, 6) is -6.95. The fourth-order valence-electron chi connectivity index (χ4n) is 13.4. The Hall–Kier alpha value is -7.39. The molecule has 0 aromatic heterocycles. The molecule has 1 unspecified atom stereocenters. The van der Waals surface area contributed by atoms with Gasteiger partial charge in [0.25, 0.3) is 0 Å². The number of carbonyl (C=O) groups excluding carboxylic acids is 10. The molecule has 13 atom stereocenters. The van der Waals surface area contributed by atoms with E-state index in [-0.39, 0.29) is 119 Å². The molecule has 2 aromatic rings. The third-order valence-electron chi connectivity index (χ3n) is 18.8. The summed E-state index contributed by atoms with van der Waals surface area (Å²) >= 11 is 0. The first-order valence-electron chi connectivity index (χ1n) is 33.9. The number of rotatable bonds is 37. The summed E-state index contributed by atoms with van der Waals surface area (Å²) in [6.07, 6.45) is -3.38. The van der Waals surface area contributed by atoms with E-state index in [0.29, 0.717) is 30.6 Å². The zero-order valence-electron chi connectivity index (χ0n) is 58.8. The summed E-state index contributed by atoms with van der Waals surface area (Å²) < 4.78 is 47.9. The number of nitrogens with one attached hydrogen (secondary N) is 7. The van der Waals surface area contributed by atoms with Gasteiger partial charge < -0.3 is 63.2 Å². The molecule has 11 amide bonds. The quantitative estimate of drug-likeness (QED) is 0.0393. The average Bonchev–Trinajstić information content (AvgIpc) is 1.27. The van der Waals surface area contributed by atoms with Crippen molar-refractivity contribution in [2.75, 3.05) is 59.7 Å². The predicted molar refractivity (Wildman–Crippen MR) is 361 cm³/mol.